The van der Waals surface area contributed by atoms with Gasteiger partial charge in [0.2, 0.25) is 0 Å². The number of nitrogens with two attached hydrogens (primary N) is 1. The highest BCUT2D eigenvalue weighted by Gasteiger charge is 2.30. The lowest BCUT2D eigenvalue weighted by molar-refractivity contribution is -0.385. The molecule has 0 aliphatic heterocycles. The van der Waals surface area contributed by atoms with Crippen molar-refractivity contribution >= 4 is 11.5 Å². The van der Waals surface area contributed by atoms with E-state index in [-0.39, 0.29) is 29.4 Å². The van der Waals surface area contributed by atoms with E-state index in [9.17, 15) is 19.3 Å². The number of carbonyl (C=O) groups is 1. The van der Waals surface area contributed by atoms with Crippen molar-refractivity contribution in [2.75, 3.05) is 0 Å². The van der Waals surface area contributed by atoms with E-state index in [2.05, 4.69) is 0 Å². The standard InChI is InChI=1S/C13H17FN2O3/c1-8(2)12(17)7-13(3,15)10-6-9(16(18)19)4-5-11(10)14/h4-6,8H,7,15H2,1-3H3/t13-/m0/s1. The number of nitrogens with zero attached hydrogens (tertiary/aromatic N) is 1. The number of Topliss-reactive ketones (excluding diaryl/α,β-unsaturated/α-hetero) is 1. The van der Waals surface area contributed by atoms with Crippen molar-refractivity contribution in [1.82, 2.24) is 0 Å². The Balaban J connectivity index is 3.16. The number of nitro benzene ring substituents is 1. The average Bonchev–Trinajstić information content (AvgIpc) is 2.28. The second kappa shape index (κ2) is 5.44. The van der Waals surface area contributed by atoms with Crippen LogP contribution >= 0.6 is 0 Å². The quantitative estimate of drug-likeness (QED) is 0.656. The third-order valence-corrected chi connectivity index (χ3v) is 2.96. The Kier molecular flexibility index (Phi) is 4.36. The SMILES string of the molecule is CC(C)C(=O)C[C@](C)(N)c1cc([N+](=O)[O-])ccc1F. The van der Waals surface area contributed by atoms with Crippen LogP contribution < -0.4 is 5.73 Å². The van der Waals surface area contributed by atoms with E-state index in [1.807, 2.05) is 0 Å². The van der Waals surface area contributed by atoms with E-state index >= 15 is 0 Å². The fourth-order valence-electron chi connectivity index (χ4n) is 1.73. The smallest absolute Gasteiger partial charge is 0.269 e. The van der Waals surface area contributed by atoms with Crippen LogP contribution in [0, 0.1) is 21.8 Å². The maximum atomic E-state index is 13.8. The number of halogens is 1. The predicted octanol–water partition coefficient (Wildman–Crippen LogP) is 2.52. The van der Waals surface area contributed by atoms with Gasteiger partial charge < -0.3 is 5.73 Å². The lowest BCUT2D eigenvalue weighted by atomic mass is 9.85. The molecule has 0 radical (unpaired) electrons. The molecule has 1 aromatic rings. The maximum Gasteiger partial charge on any atom is 0.269 e. The van der Waals surface area contributed by atoms with Crippen molar-refractivity contribution in [2.24, 2.45) is 11.7 Å². The number of carbonyl (C=O) groups excluding carboxylic acids is 1. The molecular weight excluding hydrogens is 251 g/mol. The van der Waals surface area contributed by atoms with Gasteiger partial charge in [0.15, 0.2) is 0 Å². The molecule has 0 amide bonds. The van der Waals surface area contributed by atoms with Crippen LogP contribution in [0.25, 0.3) is 0 Å². The van der Waals surface area contributed by atoms with Gasteiger partial charge in [-0.05, 0) is 13.0 Å². The van der Waals surface area contributed by atoms with E-state index in [1.165, 1.54) is 6.92 Å². The molecule has 0 saturated heterocycles. The Morgan fingerprint density at radius 2 is 2.11 bits per heavy atom. The maximum absolute atomic E-state index is 13.8. The normalized spacial score (nSPS) is 14.2. The fourth-order valence-corrected chi connectivity index (χ4v) is 1.73. The van der Waals surface area contributed by atoms with E-state index in [4.69, 9.17) is 5.73 Å². The minimum absolute atomic E-state index is 0.0179. The molecule has 0 aliphatic rings. The van der Waals surface area contributed by atoms with Crippen LogP contribution in [0.1, 0.15) is 32.8 Å². The molecule has 0 aromatic heterocycles. The summed E-state index contributed by atoms with van der Waals surface area (Å²) in [6.45, 7) is 4.94. The summed E-state index contributed by atoms with van der Waals surface area (Å²) in [5.74, 6) is -0.979. The molecule has 104 valence electrons. The average molecular weight is 268 g/mol. The highest BCUT2D eigenvalue weighted by atomic mass is 19.1. The van der Waals surface area contributed by atoms with Gasteiger partial charge in [-0.1, -0.05) is 13.8 Å². The zero-order valence-electron chi connectivity index (χ0n) is 11.1. The molecule has 1 aromatic carbocycles. The first-order chi connectivity index (χ1) is 8.65. The summed E-state index contributed by atoms with van der Waals surface area (Å²) in [4.78, 5) is 21.8. The van der Waals surface area contributed by atoms with Crippen LogP contribution in [0.15, 0.2) is 18.2 Å². The first-order valence-corrected chi connectivity index (χ1v) is 5.91. The molecule has 19 heavy (non-hydrogen) atoms. The number of hydrogen-bond acceptors (Lipinski definition) is 4. The van der Waals surface area contributed by atoms with Crippen LogP contribution in [0.2, 0.25) is 0 Å². The highest BCUT2D eigenvalue weighted by Crippen LogP contribution is 2.29. The lowest BCUT2D eigenvalue weighted by Crippen LogP contribution is -2.37. The number of rotatable bonds is 5. The van der Waals surface area contributed by atoms with Crippen LogP contribution in [-0.2, 0) is 10.3 Å². The summed E-state index contributed by atoms with van der Waals surface area (Å²) in [5.41, 5.74) is 4.43. The van der Waals surface area contributed by atoms with Gasteiger partial charge in [0.1, 0.15) is 11.6 Å². The van der Waals surface area contributed by atoms with Crippen molar-refractivity contribution in [3.05, 3.63) is 39.7 Å². The number of ketones is 1. The number of benzene rings is 1. The second-order valence-electron chi connectivity index (χ2n) is 5.14. The van der Waals surface area contributed by atoms with Gasteiger partial charge in [-0.3, -0.25) is 14.9 Å². The summed E-state index contributed by atoms with van der Waals surface area (Å²) < 4.78 is 13.8. The first kappa shape index (κ1) is 15.2. The first-order valence-electron chi connectivity index (χ1n) is 5.91. The van der Waals surface area contributed by atoms with Crippen LogP contribution in [0.3, 0.4) is 0 Å². The molecule has 6 heteroatoms. The van der Waals surface area contributed by atoms with E-state index in [0.717, 1.165) is 18.2 Å². The molecule has 0 aliphatic carbocycles. The van der Waals surface area contributed by atoms with E-state index in [0.29, 0.717) is 0 Å². The molecule has 1 rings (SSSR count). The molecule has 5 nitrogen and oxygen atoms in total. The molecule has 0 unspecified atom stereocenters. The second-order valence-corrected chi connectivity index (χ2v) is 5.14. The number of nitro groups is 1. The molecule has 0 saturated carbocycles. The summed E-state index contributed by atoms with van der Waals surface area (Å²) in [6, 6.07) is 3.15. The van der Waals surface area contributed by atoms with Crippen molar-refractivity contribution in [3.63, 3.8) is 0 Å². The topological polar surface area (TPSA) is 86.2 Å². The monoisotopic (exact) mass is 268 g/mol. The van der Waals surface area contributed by atoms with Crippen molar-refractivity contribution in [3.8, 4) is 0 Å². The summed E-state index contributed by atoms with van der Waals surface area (Å²) in [7, 11) is 0. The molecule has 0 heterocycles. The summed E-state index contributed by atoms with van der Waals surface area (Å²) >= 11 is 0. The molecule has 1 atom stereocenters. The third kappa shape index (κ3) is 3.57. The molecular formula is C13H17FN2O3. The highest BCUT2D eigenvalue weighted by molar-refractivity contribution is 5.81. The largest absolute Gasteiger partial charge is 0.321 e. The Bertz CT molecular complexity index is 513. The van der Waals surface area contributed by atoms with Gasteiger partial charge in [0, 0.05) is 35.6 Å². The molecule has 2 N–H and O–H groups in total. The van der Waals surface area contributed by atoms with Crippen molar-refractivity contribution < 1.29 is 14.1 Å². The van der Waals surface area contributed by atoms with Gasteiger partial charge >= 0.3 is 0 Å². The fraction of sp³-hybridized carbons (Fsp3) is 0.462. The molecule has 0 spiro atoms. The summed E-state index contributed by atoms with van der Waals surface area (Å²) in [6.07, 6.45) is -0.0667. The number of non-ortho nitro benzene ring substituents is 1. The predicted molar refractivity (Wildman–Crippen MR) is 69.1 cm³/mol. The summed E-state index contributed by atoms with van der Waals surface area (Å²) in [5, 5.41) is 10.7. The zero-order chi connectivity index (χ0) is 14.8. The third-order valence-electron chi connectivity index (χ3n) is 2.96. The Hall–Kier alpha value is -1.82. The van der Waals surface area contributed by atoms with Crippen LogP contribution in [-0.4, -0.2) is 10.7 Å². The minimum atomic E-state index is -1.27. The van der Waals surface area contributed by atoms with Gasteiger partial charge in [-0.2, -0.15) is 0 Å². The Labute approximate surface area is 110 Å². The van der Waals surface area contributed by atoms with Gasteiger partial charge in [-0.15, -0.1) is 0 Å². The molecule has 0 bridgehead atoms. The van der Waals surface area contributed by atoms with Crippen LogP contribution in [0.4, 0.5) is 10.1 Å². The van der Waals surface area contributed by atoms with Crippen molar-refractivity contribution in [1.29, 1.82) is 0 Å². The minimum Gasteiger partial charge on any atom is -0.321 e. The zero-order valence-corrected chi connectivity index (χ0v) is 11.1. The van der Waals surface area contributed by atoms with Gasteiger partial charge in [0.05, 0.1) is 4.92 Å². The Morgan fingerprint density at radius 1 is 1.53 bits per heavy atom. The van der Waals surface area contributed by atoms with E-state index < -0.39 is 16.3 Å². The van der Waals surface area contributed by atoms with Gasteiger partial charge in [0.25, 0.3) is 5.69 Å². The van der Waals surface area contributed by atoms with Crippen LogP contribution in [0.5, 0.6) is 0 Å². The molecule has 0 fully saturated rings. The van der Waals surface area contributed by atoms with E-state index in [1.54, 1.807) is 13.8 Å². The number of hydrogen-bond donors (Lipinski definition) is 1. The lowest BCUT2D eigenvalue weighted by Gasteiger charge is -2.25. The Morgan fingerprint density at radius 3 is 2.58 bits per heavy atom. The van der Waals surface area contributed by atoms with Crippen molar-refractivity contribution in [2.45, 2.75) is 32.7 Å². The van der Waals surface area contributed by atoms with Gasteiger partial charge in [-0.25, -0.2) is 4.39 Å².